The van der Waals surface area contributed by atoms with Crippen molar-refractivity contribution in [3.8, 4) is 0 Å². The van der Waals surface area contributed by atoms with Gasteiger partial charge in [0.05, 0.1) is 0 Å². The Morgan fingerprint density at radius 2 is 1.83 bits per heavy atom. The number of carbonyl (C=O) groups is 1. The highest BCUT2D eigenvalue weighted by Gasteiger charge is 2.30. The highest BCUT2D eigenvalue weighted by atomic mass is 32.2. The number of amides is 1. The van der Waals surface area contributed by atoms with Crippen LogP contribution in [0.3, 0.4) is 0 Å². The molecule has 1 aliphatic rings. The van der Waals surface area contributed by atoms with Crippen molar-refractivity contribution < 1.29 is 19.0 Å². The minimum Gasteiger partial charge on any atom is -0.416 e. The van der Waals surface area contributed by atoms with E-state index < -0.39 is 18.7 Å². The number of nitrogens with zero attached hydrogens (tertiary/aromatic N) is 1. The predicted molar refractivity (Wildman–Crippen MR) is 91.3 cm³/mol. The van der Waals surface area contributed by atoms with E-state index in [4.69, 9.17) is 14.2 Å². The second-order valence-corrected chi connectivity index (χ2v) is 6.51. The molecule has 0 bridgehead atoms. The maximum absolute atomic E-state index is 12.1. The van der Waals surface area contributed by atoms with Gasteiger partial charge in [-0.25, -0.2) is 4.79 Å². The van der Waals surface area contributed by atoms with Crippen LogP contribution >= 0.6 is 11.9 Å². The lowest BCUT2D eigenvalue weighted by molar-refractivity contribution is -0.117. The van der Waals surface area contributed by atoms with Crippen LogP contribution in [-0.4, -0.2) is 36.6 Å². The van der Waals surface area contributed by atoms with Crippen LogP contribution in [0.5, 0.6) is 0 Å². The van der Waals surface area contributed by atoms with Gasteiger partial charge in [0, 0.05) is 18.4 Å². The van der Waals surface area contributed by atoms with Gasteiger partial charge in [0.2, 0.25) is 6.29 Å². The quantitative estimate of drug-likeness (QED) is 0.773. The number of benzene rings is 2. The molecule has 0 saturated carbocycles. The minimum atomic E-state index is -0.676. The summed E-state index contributed by atoms with van der Waals surface area (Å²) in [5.41, 5.74) is 1.12. The minimum absolute atomic E-state index is 0.243. The van der Waals surface area contributed by atoms with Crippen LogP contribution < -0.4 is 0 Å². The fraction of sp³-hybridized carbons (Fsp3) is 0.278. The zero-order valence-electron chi connectivity index (χ0n) is 13.3. The monoisotopic (exact) mass is 345 g/mol. The third-order valence-corrected chi connectivity index (χ3v) is 4.35. The average molecular weight is 345 g/mol. The van der Waals surface area contributed by atoms with Gasteiger partial charge in [0.25, 0.3) is 0 Å². The lowest BCUT2D eigenvalue weighted by Crippen LogP contribution is -2.28. The second-order valence-electron chi connectivity index (χ2n) is 5.30. The van der Waals surface area contributed by atoms with Crippen molar-refractivity contribution in [3.63, 3.8) is 0 Å². The number of hydrogen-bond acceptors (Lipinski definition) is 5. The average Bonchev–Trinajstić information content (AvgIpc) is 3.03. The number of rotatable bonds is 5. The first-order valence-corrected chi connectivity index (χ1v) is 8.46. The third kappa shape index (κ3) is 4.74. The molecule has 0 radical (unpaired) electrons. The molecule has 5 nitrogen and oxygen atoms in total. The molecule has 0 N–H and O–H groups in total. The Hall–Kier alpha value is -2.02. The molecule has 0 aliphatic carbocycles. The molecule has 6 heteroatoms. The zero-order valence-corrected chi connectivity index (χ0v) is 14.1. The van der Waals surface area contributed by atoms with Crippen molar-refractivity contribution in [3.05, 3.63) is 66.2 Å². The van der Waals surface area contributed by atoms with E-state index in [9.17, 15) is 4.79 Å². The molecule has 0 aromatic heterocycles. The largest absolute Gasteiger partial charge is 0.422 e. The van der Waals surface area contributed by atoms with Gasteiger partial charge in [-0.2, -0.15) is 0 Å². The summed E-state index contributed by atoms with van der Waals surface area (Å²) in [4.78, 5) is 13.1. The summed E-state index contributed by atoms with van der Waals surface area (Å²) in [7, 11) is 1.66. The van der Waals surface area contributed by atoms with Gasteiger partial charge in [0.1, 0.15) is 6.61 Å². The Balaban J connectivity index is 1.45. The van der Waals surface area contributed by atoms with Crippen LogP contribution in [0.2, 0.25) is 0 Å². The molecule has 0 spiro atoms. The fourth-order valence-corrected chi connectivity index (χ4v) is 2.99. The molecule has 1 heterocycles. The molecule has 1 aliphatic heterocycles. The molecule has 1 saturated heterocycles. The van der Waals surface area contributed by atoms with E-state index in [0.717, 1.165) is 10.5 Å². The molecular weight excluding hydrogens is 326 g/mol. The van der Waals surface area contributed by atoms with Crippen molar-refractivity contribution in [2.24, 2.45) is 0 Å². The Bertz CT molecular complexity index is 653. The highest BCUT2D eigenvalue weighted by Crippen LogP contribution is 2.23. The first-order chi connectivity index (χ1) is 11.7. The molecule has 1 amide bonds. The number of ether oxygens (including phenoxy) is 3. The third-order valence-electron chi connectivity index (χ3n) is 3.44. The topological polar surface area (TPSA) is 48.0 Å². The summed E-state index contributed by atoms with van der Waals surface area (Å²) in [6.07, 6.45) is -0.899. The van der Waals surface area contributed by atoms with E-state index in [1.807, 2.05) is 60.7 Å². The van der Waals surface area contributed by atoms with Gasteiger partial charge in [-0.05, 0) is 29.6 Å². The van der Waals surface area contributed by atoms with E-state index in [1.54, 1.807) is 7.05 Å². The molecular formula is C18H19NO4S. The van der Waals surface area contributed by atoms with Gasteiger partial charge in [-0.15, -0.1) is 0 Å². The van der Waals surface area contributed by atoms with E-state index in [1.165, 1.54) is 16.3 Å². The van der Waals surface area contributed by atoms with Crippen LogP contribution in [0, 0.1) is 0 Å². The lowest BCUT2D eigenvalue weighted by Gasteiger charge is -2.18. The van der Waals surface area contributed by atoms with Crippen LogP contribution in [0.15, 0.2) is 65.6 Å². The molecule has 126 valence electrons. The maximum Gasteiger partial charge on any atom is 0.422 e. The highest BCUT2D eigenvalue weighted by molar-refractivity contribution is 7.97. The smallest absolute Gasteiger partial charge is 0.416 e. The standard InChI is InChI=1S/C18H19NO4S/c1-19(24-15-10-6-3-7-11-15)18(20)23-17-13-21-16(22-17)12-14-8-4-2-5-9-14/h2-11,16-17H,12-13H2,1H3. The summed E-state index contributed by atoms with van der Waals surface area (Å²) in [5, 5.41) is 0. The predicted octanol–water partition coefficient (Wildman–Crippen LogP) is 3.70. The molecule has 3 rings (SSSR count). The lowest BCUT2D eigenvalue weighted by atomic mass is 10.1. The van der Waals surface area contributed by atoms with E-state index in [2.05, 4.69) is 0 Å². The SMILES string of the molecule is CN(Sc1ccccc1)C(=O)OC1COC(Cc2ccccc2)O1. The van der Waals surface area contributed by atoms with E-state index in [0.29, 0.717) is 6.42 Å². The Morgan fingerprint density at radius 3 is 2.54 bits per heavy atom. The molecule has 2 unspecified atom stereocenters. The Kier molecular flexibility index (Phi) is 5.74. The summed E-state index contributed by atoms with van der Waals surface area (Å²) in [6.45, 7) is 0.243. The molecule has 2 aromatic rings. The van der Waals surface area contributed by atoms with Crippen LogP contribution in [0.25, 0.3) is 0 Å². The van der Waals surface area contributed by atoms with Gasteiger partial charge in [-0.1, -0.05) is 48.5 Å². The Morgan fingerprint density at radius 1 is 1.17 bits per heavy atom. The van der Waals surface area contributed by atoms with E-state index in [-0.39, 0.29) is 6.61 Å². The first-order valence-electron chi connectivity index (χ1n) is 7.69. The molecule has 2 atom stereocenters. The van der Waals surface area contributed by atoms with Gasteiger partial charge >= 0.3 is 6.09 Å². The van der Waals surface area contributed by atoms with Crippen molar-refractivity contribution in [1.82, 2.24) is 4.31 Å². The molecule has 2 aromatic carbocycles. The summed E-state index contributed by atoms with van der Waals surface area (Å²) < 4.78 is 17.9. The molecule has 1 fully saturated rings. The Labute approximate surface area is 145 Å². The van der Waals surface area contributed by atoms with E-state index >= 15 is 0 Å². The van der Waals surface area contributed by atoms with Crippen molar-refractivity contribution >= 4 is 18.0 Å². The van der Waals surface area contributed by atoms with Crippen LogP contribution in [-0.2, 0) is 20.6 Å². The number of carbonyl (C=O) groups excluding carboxylic acids is 1. The van der Waals surface area contributed by atoms with Gasteiger partial charge in [-0.3, -0.25) is 4.31 Å². The first kappa shape index (κ1) is 16.8. The van der Waals surface area contributed by atoms with Gasteiger partial charge < -0.3 is 14.2 Å². The normalized spacial score (nSPS) is 19.9. The number of hydrogen-bond donors (Lipinski definition) is 0. The second kappa shape index (κ2) is 8.19. The van der Waals surface area contributed by atoms with Crippen molar-refractivity contribution in [1.29, 1.82) is 0 Å². The maximum atomic E-state index is 12.1. The van der Waals surface area contributed by atoms with Crippen LogP contribution in [0.1, 0.15) is 5.56 Å². The zero-order chi connectivity index (χ0) is 16.8. The summed E-state index contributed by atoms with van der Waals surface area (Å²) in [5.74, 6) is 0. The molecule has 24 heavy (non-hydrogen) atoms. The van der Waals surface area contributed by atoms with Crippen molar-refractivity contribution in [2.75, 3.05) is 13.7 Å². The van der Waals surface area contributed by atoms with Crippen molar-refractivity contribution in [2.45, 2.75) is 23.9 Å². The summed E-state index contributed by atoms with van der Waals surface area (Å²) >= 11 is 1.30. The van der Waals surface area contributed by atoms with Gasteiger partial charge in [0.15, 0.2) is 6.29 Å². The summed E-state index contributed by atoms with van der Waals surface area (Å²) in [6, 6.07) is 19.6. The fourth-order valence-electron chi connectivity index (χ4n) is 2.27. The van der Waals surface area contributed by atoms with Crippen LogP contribution in [0.4, 0.5) is 4.79 Å².